The number of rotatable bonds is 2. The highest BCUT2D eigenvalue weighted by Crippen LogP contribution is 2.20. The molecule has 5 heteroatoms. The SMILES string of the molecule is Cc1cc(F)cc(NC(=O)c2cccc(Br)c2F)c1. The fraction of sp³-hybridized carbons (Fsp3) is 0.0714. The molecule has 0 fully saturated rings. The maximum Gasteiger partial charge on any atom is 0.258 e. The Kier molecular flexibility index (Phi) is 3.95. The van der Waals surface area contributed by atoms with E-state index in [9.17, 15) is 13.6 Å². The van der Waals surface area contributed by atoms with Crippen molar-refractivity contribution in [2.24, 2.45) is 0 Å². The average Bonchev–Trinajstić information content (AvgIpc) is 2.31. The third-order valence-corrected chi connectivity index (χ3v) is 3.11. The number of carbonyl (C=O) groups is 1. The fourth-order valence-corrected chi connectivity index (χ4v) is 2.05. The van der Waals surface area contributed by atoms with E-state index in [4.69, 9.17) is 0 Å². The van der Waals surface area contributed by atoms with Gasteiger partial charge in [-0.2, -0.15) is 0 Å². The first-order valence-electron chi connectivity index (χ1n) is 5.50. The topological polar surface area (TPSA) is 29.1 Å². The van der Waals surface area contributed by atoms with Crippen LogP contribution in [0.5, 0.6) is 0 Å². The average molecular weight is 326 g/mol. The van der Waals surface area contributed by atoms with E-state index in [0.717, 1.165) is 0 Å². The molecule has 2 aromatic rings. The van der Waals surface area contributed by atoms with Gasteiger partial charge in [-0.3, -0.25) is 4.79 Å². The summed E-state index contributed by atoms with van der Waals surface area (Å²) in [7, 11) is 0. The Hall–Kier alpha value is -1.75. The van der Waals surface area contributed by atoms with Gasteiger partial charge in [0.1, 0.15) is 11.6 Å². The Balaban J connectivity index is 2.28. The highest BCUT2D eigenvalue weighted by molar-refractivity contribution is 9.10. The molecule has 0 aliphatic carbocycles. The minimum atomic E-state index is -0.645. The van der Waals surface area contributed by atoms with Gasteiger partial charge >= 0.3 is 0 Å². The number of aryl methyl sites for hydroxylation is 1. The molecule has 0 spiro atoms. The zero-order valence-corrected chi connectivity index (χ0v) is 11.6. The van der Waals surface area contributed by atoms with E-state index < -0.39 is 17.5 Å². The summed E-state index contributed by atoms with van der Waals surface area (Å²) >= 11 is 3.01. The van der Waals surface area contributed by atoms with Crippen molar-refractivity contribution in [1.29, 1.82) is 0 Å². The molecule has 0 saturated heterocycles. The number of hydrogen-bond acceptors (Lipinski definition) is 1. The Bertz CT molecular complexity index is 623. The first-order valence-corrected chi connectivity index (χ1v) is 6.29. The molecule has 1 N–H and O–H groups in total. The number of amides is 1. The second-order valence-electron chi connectivity index (χ2n) is 4.07. The number of anilines is 1. The number of hydrogen-bond donors (Lipinski definition) is 1. The number of nitrogens with one attached hydrogen (secondary N) is 1. The molecule has 0 saturated carbocycles. The van der Waals surface area contributed by atoms with E-state index in [1.807, 2.05) is 0 Å². The highest BCUT2D eigenvalue weighted by atomic mass is 79.9. The third-order valence-electron chi connectivity index (χ3n) is 2.50. The molecule has 0 aliphatic heterocycles. The van der Waals surface area contributed by atoms with E-state index in [1.165, 1.54) is 24.3 Å². The summed E-state index contributed by atoms with van der Waals surface area (Å²) < 4.78 is 27.1. The maximum absolute atomic E-state index is 13.7. The summed E-state index contributed by atoms with van der Waals surface area (Å²) in [5.74, 6) is -1.72. The molecule has 1 amide bonds. The molecular formula is C14H10BrF2NO. The third kappa shape index (κ3) is 3.17. The Morgan fingerprint density at radius 2 is 1.95 bits per heavy atom. The van der Waals surface area contributed by atoms with Gasteiger partial charge in [-0.25, -0.2) is 8.78 Å². The summed E-state index contributed by atoms with van der Waals surface area (Å²) in [5, 5.41) is 2.47. The minimum Gasteiger partial charge on any atom is -0.322 e. The van der Waals surface area contributed by atoms with Crippen molar-refractivity contribution < 1.29 is 13.6 Å². The largest absolute Gasteiger partial charge is 0.322 e. The van der Waals surface area contributed by atoms with E-state index in [2.05, 4.69) is 21.2 Å². The molecular weight excluding hydrogens is 316 g/mol. The lowest BCUT2D eigenvalue weighted by Gasteiger charge is -2.08. The molecule has 0 aromatic heterocycles. The van der Waals surface area contributed by atoms with Gasteiger partial charge in [-0.1, -0.05) is 6.07 Å². The monoisotopic (exact) mass is 325 g/mol. The molecule has 0 radical (unpaired) electrons. The van der Waals surface area contributed by atoms with Crippen LogP contribution in [0.1, 0.15) is 15.9 Å². The van der Waals surface area contributed by atoms with Gasteiger partial charge in [0.2, 0.25) is 0 Å². The predicted octanol–water partition coefficient (Wildman–Crippen LogP) is 4.29. The van der Waals surface area contributed by atoms with Crippen LogP contribution in [0.4, 0.5) is 14.5 Å². The van der Waals surface area contributed by atoms with Crippen LogP contribution in [-0.2, 0) is 0 Å². The summed E-state index contributed by atoms with van der Waals surface area (Å²) in [6.45, 7) is 1.71. The lowest BCUT2D eigenvalue weighted by Crippen LogP contribution is -2.14. The van der Waals surface area contributed by atoms with Crippen LogP contribution in [0.2, 0.25) is 0 Å². The Morgan fingerprint density at radius 3 is 2.63 bits per heavy atom. The lowest BCUT2D eigenvalue weighted by molar-refractivity contribution is 0.102. The number of carbonyl (C=O) groups excluding carboxylic acids is 1. The first-order chi connectivity index (χ1) is 8.97. The molecule has 98 valence electrons. The van der Waals surface area contributed by atoms with E-state index in [0.29, 0.717) is 11.3 Å². The van der Waals surface area contributed by atoms with Crippen LogP contribution in [0.15, 0.2) is 40.9 Å². The van der Waals surface area contributed by atoms with E-state index in [-0.39, 0.29) is 10.0 Å². The summed E-state index contributed by atoms with van der Waals surface area (Å²) in [6, 6.07) is 8.55. The molecule has 0 unspecified atom stereocenters. The van der Waals surface area contributed by atoms with Crippen molar-refractivity contribution in [2.75, 3.05) is 5.32 Å². The zero-order valence-electron chi connectivity index (χ0n) is 10.0. The fourth-order valence-electron chi connectivity index (χ4n) is 1.69. The van der Waals surface area contributed by atoms with E-state index >= 15 is 0 Å². The van der Waals surface area contributed by atoms with Crippen molar-refractivity contribution in [1.82, 2.24) is 0 Å². The molecule has 0 bridgehead atoms. The standard InChI is InChI=1S/C14H10BrF2NO/c1-8-5-9(16)7-10(6-8)18-14(19)11-3-2-4-12(15)13(11)17/h2-7H,1H3,(H,18,19). The van der Waals surface area contributed by atoms with Crippen molar-refractivity contribution in [3.05, 3.63) is 63.6 Å². The van der Waals surface area contributed by atoms with Crippen molar-refractivity contribution >= 4 is 27.5 Å². The lowest BCUT2D eigenvalue weighted by atomic mass is 10.1. The summed E-state index contributed by atoms with van der Waals surface area (Å²) in [6.07, 6.45) is 0. The minimum absolute atomic E-state index is 0.101. The Morgan fingerprint density at radius 1 is 1.21 bits per heavy atom. The van der Waals surface area contributed by atoms with Gasteiger partial charge in [0, 0.05) is 5.69 Å². The summed E-state index contributed by atoms with van der Waals surface area (Å²) in [4.78, 5) is 11.9. The Labute approximate surface area is 117 Å². The molecule has 0 heterocycles. The molecule has 2 nitrogen and oxygen atoms in total. The van der Waals surface area contributed by atoms with Crippen LogP contribution in [-0.4, -0.2) is 5.91 Å². The number of benzene rings is 2. The van der Waals surface area contributed by atoms with Crippen LogP contribution >= 0.6 is 15.9 Å². The van der Waals surface area contributed by atoms with Crippen molar-refractivity contribution in [3.63, 3.8) is 0 Å². The summed E-state index contributed by atoms with van der Waals surface area (Å²) in [5.41, 5.74) is 0.864. The second kappa shape index (κ2) is 5.48. The second-order valence-corrected chi connectivity index (χ2v) is 4.93. The predicted molar refractivity (Wildman–Crippen MR) is 73.2 cm³/mol. The van der Waals surface area contributed by atoms with Crippen LogP contribution in [0.25, 0.3) is 0 Å². The van der Waals surface area contributed by atoms with Gasteiger partial charge in [-0.05, 0) is 58.7 Å². The maximum atomic E-state index is 13.7. The molecule has 2 rings (SSSR count). The van der Waals surface area contributed by atoms with Crippen molar-refractivity contribution in [2.45, 2.75) is 6.92 Å². The quantitative estimate of drug-likeness (QED) is 0.876. The smallest absolute Gasteiger partial charge is 0.258 e. The van der Waals surface area contributed by atoms with Gasteiger partial charge < -0.3 is 5.32 Å². The van der Waals surface area contributed by atoms with Crippen LogP contribution in [0.3, 0.4) is 0 Å². The molecule has 0 atom stereocenters. The van der Waals surface area contributed by atoms with Gasteiger partial charge in [0.15, 0.2) is 0 Å². The first kappa shape index (κ1) is 13.7. The van der Waals surface area contributed by atoms with Crippen molar-refractivity contribution in [3.8, 4) is 0 Å². The van der Waals surface area contributed by atoms with Gasteiger partial charge in [0.25, 0.3) is 5.91 Å². The molecule has 0 aliphatic rings. The van der Waals surface area contributed by atoms with Crippen LogP contribution in [0, 0.1) is 18.6 Å². The van der Waals surface area contributed by atoms with Gasteiger partial charge in [-0.15, -0.1) is 0 Å². The van der Waals surface area contributed by atoms with E-state index in [1.54, 1.807) is 19.1 Å². The molecule has 19 heavy (non-hydrogen) atoms. The highest BCUT2D eigenvalue weighted by Gasteiger charge is 2.14. The number of halogens is 3. The van der Waals surface area contributed by atoms with Crippen LogP contribution < -0.4 is 5.32 Å². The molecule has 2 aromatic carbocycles. The normalized spacial score (nSPS) is 10.3. The zero-order chi connectivity index (χ0) is 14.0. The van der Waals surface area contributed by atoms with Gasteiger partial charge in [0.05, 0.1) is 10.0 Å².